The highest BCUT2D eigenvalue weighted by Crippen LogP contribution is 2.51. The van der Waals surface area contributed by atoms with Gasteiger partial charge in [-0.2, -0.15) is 0 Å². The second-order valence-electron chi connectivity index (χ2n) is 33.4. The predicted octanol–water partition coefficient (Wildman–Crippen LogP) is 5.62. The third-order valence-corrected chi connectivity index (χ3v) is 22.5. The molecule has 3 saturated heterocycles. The Morgan fingerprint density at radius 1 is 0.423 bits per heavy atom. The van der Waals surface area contributed by atoms with Crippen molar-refractivity contribution in [2.24, 2.45) is 10.8 Å². The van der Waals surface area contributed by atoms with Crippen LogP contribution in [0.3, 0.4) is 0 Å². The van der Waals surface area contributed by atoms with Gasteiger partial charge in [0.2, 0.25) is 23.6 Å². The maximum Gasteiger partial charge on any atom is 0.306 e. The summed E-state index contributed by atoms with van der Waals surface area (Å²) in [5.41, 5.74) is 0.259. The van der Waals surface area contributed by atoms with E-state index in [2.05, 4.69) is 26.6 Å². The molecule has 0 radical (unpaired) electrons. The van der Waals surface area contributed by atoms with E-state index in [9.17, 15) is 72.2 Å². The molecule has 0 spiro atoms. The number of carbonyl (C=O) groups excluding carboxylic acids is 13. The van der Waals surface area contributed by atoms with Crippen LogP contribution >= 0.6 is 0 Å². The van der Waals surface area contributed by atoms with Crippen LogP contribution in [-0.2, 0) is 155 Å². The number of methoxy groups -OCH3 is 2. The summed E-state index contributed by atoms with van der Waals surface area (Å²) < 4.78 is 114. The van der Waals surface area contributed by atoms with Crippen molar-refractivity contribution in [2.45, 2.75) is 207 Å². The molecule has 4 aromatic carbocycles. The Kier molecular flexibility index (Phi) is 48.5. The Morgan fingerprint density at radius 2 is 0.810 bits per heavy atom. The normalized spacial score (nSPS) is 20.6. The Morgan fingerprint density at radius 3 is 1.21 bits per heavy atom. The predicted molar refractivity (Wildman–Crippen MR) is 484 cm³/mol. The number of carbonyl (C=O) groups is 14. The average molecular weight is 1930 g/mol. The number of aliphatic carboxylic acids is 1. The second-order valence-corrected chi connectivity index (χ2v) is 33.4. The Labute approximate surface area is 797 Å². The standard InChI is InChI=1S/C96H134N6O35/c1-62(103)100-84-88(134-68(7)109)86(132-66(5)107)78(56-128-64(3)105)136-92(84)126-50-48-124-46-44-122-42-40-120-38-36-97-90(116)71-52-70(53-72(54-71)91(117)98-37-39-121-41-43-123-45-47-125-49-51-127-93-85(101-63(2)104)89(135-69(8)110)87(133-67(6)108)79(137-93)57-129-65(4)106)55-99-80(111)24-20-15-13-14-16-21-25-81(112)102-58-94(9,60-130-83(115)35-34-82(113)114)95(10,59-102)61-131-96(73-22-18-17-19-23-73,74-26-30-76(118-11)31-27-74)75-28-32-77(119-12)33-29-75/h17-19,22-23,26-33,52-54,78-79,84-89,92-93H,13-16,20-21,24-25,34-51,55-61H2,1-12H3,(H,97,116)(H,98,117)(H,99,111)(H,100,103)(H,101,104)(H,113,114)/t78-,79-,84?,85?,86+,87+,88-,89-,92?,93?,94?,95?/m1/s1. The number of unbranched alkanes of at least 4 members (excludes halogenated alkanes) is 5. The van der Waals surface area contributed by atoms with Gasteiger partial charge < -0.3 is 131 Å². The summed E-state index contributed by atoms with van der Waals surface area (Å²) >= 11 is 0. The van der Waals surface area contributed by atoms with Gasteiger partial charge in [-0.25, -0.2) is 0 Å². The molecule has 6 amide bonds. The molecule has 3 aliphatic rings. The van der Waals surface area contributed by atoms with Crippen LogP contribution in [0.4, 0.5) is 0 Å². The van der Waals surface area contributed by atoms with E-state index in [-0.39, 0.29) is 181 Å². The van der Waals surface area contributed by atoms with Gasteiger partial charge in [-0.05, 0) is 77.6 Å². The monoisotopic (exact) mass is 1930 g/mol. The zero-order valence-corrected chi connectivity index (χ0v) is 80.1. The summed E-state index contributed by atoms with van der Waals surface area (Å²) in [5.74, 6) is -7.29. The lowest BCUT2D eigenvalue weighted by Crippen LogP contribution is -2.66. The number of likely N-dealkylation sites (tertiary alicyclic amines) is 1. The van der Waals surface area contributed by atoms with Crippen LogP contribution < -0.4 is 36.1 Å². The van der Waals surface area contributed by atoms with Crippen molar-refractivity contribution in [1.82, 2.24) is 31.5 Å². The van der Waals surface area contributed by atoms with Gasteiger partial charge >= 0.3 is 47.8 Å². The number of hydrogen-bond donors (Lipinski definition) is 6. The third-order valence-electron chi connectivity index (χ3n) is 22.5. The van der Waals surface area contributed by atoms with Crippen molar-refractivity contribution >= 4 is 83.2 Å². The molecule has 7 rings (SSSR count). The van der Waals surface area contributed by atoms with Crippen molar-refractivity contribution in [3.63, 3.8) is 0 Å². The minimum Gasteiger partial charge on any atom is -0.497 e. The zero-order chi connectivity index (χ0) is 99.9. The summed E-state index contributed by atoms with van der Waals surface area (Å²) in [5, 5.41) is 23.1. The summed E-state index contributed by atoms with van der Waals surface area (Å²) in [6.45, 7) is 14.2. The van der Waals surface area contributed by atoms with E-state index in [0.29, 0.717) is 29.9 Å². The van der Waals surface area contributed by atoms with Gasteiger partial charge in [0.1, 0.15) is 54.6 Å². The van der Waals surface area contributed by atoms with E-state index in [4.69, 9.17) is 94.7 Å². The van der Waals surface area contributed by atoms with E-state index in [1.54, 1.807) is 31.3 Å². The fourth-order valence-electron chi connectivity index (χ4n) is 15.6. The molecule has 3 fully saturated rings. The molecular weight excluding hydrogens is 1800 g/mol. The smallest absolute Gasteiger partial charge is 0.306 e. The second kappa shape index (κ2) is 59.0. The Balaban J connectivity index is 0.878. The first kappa shape index (κ1) is 113. The first-order valence-corrected chi connectivity index (χ1v) is 45.7. The minimum atomic E-state index is -1.29. The summed E-state index contributed by atoms with van der Waals surface area (Å²) in [4.78, 5) is 179. The number of carboxylic acid groups (broad SMARTS) is 1. The lowest BCUT2D eigenvalue weighted by atomic mass is 9.68. The highest BCUT2D eigenvalue weighted by Gasteiger charge is 2.57. The molecule has 758 valence electrons. The first-order chi connectivity index (χ1) is 65.6. The van der Waals surface area contributed by atoms with E-state index < -0.39 is 169 Å². The van der Waals surface area contributed by atoms with Crippen molar-refractivity contribution in [2.75, 3.05) is 159 Å². The number of esters is 7. The zero-order valence-electron chi connectivity index (χ0n) is 80.1. The van der Waals surface area contributed by atoms with Crippen molar-refractivity contribution in [1.29, 1.82) is 0 Å². The molecule has 41 heteroatoms. The summed E-state index contributed by atoms with van der Waals surface area (Å²) in [7, 11) is 3.19. The number of amides is 6. The molecule has 0 saturated carbocycles. The molecule has 41 nitrogen and oxygen atoms in total. The molecule has 3 aliphatic heterocycles. The van der Waals surface area contributed by atoms with Gasteiger partial charge in [-0.15, -0.1) is 0 Å². The third kappa shape index (κ3) is 38.1. The largest absolute Gasteiger partial charge is 0.497 e. The fourth-order valence-corrected chi connectivity index (χ4v) is 15.6. The number of carboxylic acids is 1. The highest BCUT2D eigenvalue weighted by atomic mass is 16.7. The molecule has 0 aromatic heterocycles. The maximum absolute atomic E-state index is 14.4. The lowest BCUT2D eigenvalue weighted by Gasteiger charge is -2.44. The van der Waals surface area contributed by atoms with E-state index in [1.165, 1.54) is 33.8 Å². The van der Waals surface area contributed by atoms with Crippen LogP contribution in [0, 0.1) is 10.8 Å². The van der Waals surface area contributed by atoms with Crippen LogP contribution in [0.5, 0.6) is 11.5 Å². The maximum atomic E-state index is 14.4. The van der Waals surface area contributed by atoms with Gasteiger partial charge in [-0.3, -0.25) is 67.1 Å². The van der Waals surface area contributed by atoms with Gasteiger partial charge in [0.05, 0.1) is 133 Å². The van der Waals surface area contributed by atoms with Crippen LogP contribution in [0.15, 0.2) is 97.1 Å². The molecular formula is C96H134N6O35. The topological polar surface area (TPSA) is 507 Å². The minimum absolute atomic E-state index is 0.0182. The van der Waals surface area contributed by atoms with Crippen LogP contribution in [-0.4, -0.2) is 314 Å². The van der Waals surface area contributed by atoms with Crippen LogP contribution in [0.25, 0.3) is 0 Å². The van der Waals surface area contributed by atoms with Gasteiger partial charge in [0.25, 0.3) is 11.8 Å². The molecule has 4 aromatic rings. The summed E-state index contributed by atoms with van der Waals surface area (Å²) in [6, 6.07) is 27.4. The molecule has 0 bridgehead atoms. The van der Waals surface area contributed by atoms with Gasteiger partial charge in [0.15, 0.2) is 37.0 Å². The number of hydrogen-bond acceptors (Lipinski definition) is 34. The average Bonchev–Trinajstić information content (AvgIpc) is 1.66. The molecule has 12 atom stereocenters. The molecule has 3 heterocycles. The van der Waals surface area contributed by atoms with Crippen LogP contribution in [0.1, 0.15) is 176 Å². The number of ether oxygens (including phenoxy) is 20. The number of nitrogens with zero attached hydrogens (tertiary/aromatic N) is 1. The molecule has 0 aliphatic carbocycles. The van der Waals surface area contributed by atoms with Crippen molar-refractivity contribution in [3.05, 3.63) is 130 Å². The van der Waals surface area contributed by atoms with Crippen LogP contribution in [0.2, 0.25) is 0 Å². The number of nitrogens with one attached hydrogen (secondary N) is 5. The van der Waals surface area contributed by atoms with Gasteiger partial charge in [0, 0.05) is 123 Å². The van der Waals surface area contributed by atoms with E-state index >= 15 is 0 Å². The van der Waals surface area contributed by atoms with Crippen molar-refractivity contribution in [3.8, 4) is 11.5 Å². The Hall–Kier alpha value is -11.4. The van der Waals surface area contributed by atoms with Gasteiger partial charge in [-0.1, -0.05) is 94.1 Å². The lowest BCUT2D eigenvalue weighted by molar-refractivity contribution is -0.279. The number of rotatable bonds is 62. The molecule has 137 heavy (non-hydrogen) atoms. The fraction of sp³-hybridized carbons (Fsp3) is 0.604. The summed E-state index contributed by atoms with van der Waals surface area (Å²) in [6.07, 6.45) is -6.07. The number of benzene rings is 4. The van der Waals surface area contributed by atoms with E-state index in [1.807, 2.05) is 92.7 Å². The first-order valence-electron chi connectivity index (χ1n) is 45.7. The quantitative estimate of drug-likeness (QED) is 0.0135. The van der Waals surface area contributed by atoms with E-state index in [0.717, 1.165) is 70.1 Å². The molecule has 6 unspecified atom stereocenters. The van der Waals surface area contributed by atoms with Crippen molar-refractivity contribution < 1.29 is 167 Å². The SMILES string of the molecule is COc1ccc(C(OCC2(C)CN(C(=O)CCCCCCCCC(=O)NCc3cc(C(=O)NCCOCCOCCOCCOC4O[C@H](COC(C)=O)[C@H](OC(C)=O)[C@H](OC(C)=O)C4NC(C)=O)cc(C(=O)NCCOCCOCCOCCOC4O[C@H](COC(C)=O)[C@H](OC(C)=O)[C@H](OC(C)=O)C4NC(C)=O)c3)CC2(C)COC(=O)CCC(=O)O)(c2ccccc2)c2ccc(OC)cc2)cc1. The highest BCUT2D eigenvalue weighted by molar-refractivity contribution is 6.00. The Bertz CT molecular complexity index is 4330. The molecule has 6 N–H and O–H groups in total.